The molecule has 0 spiro atoms. The summed E-state index contributed by atoms with van der Waals surface area (Å²) in [6.07, 6.45) is 10.00. The second-order valence-corrected chi connectivity index (χ2v) is 7.45. The zero-order valence-corrected chi connectivity index (χ0v) is 17.5. The van der Waals surface area contributed by atoms with E-state index in [1.165, 1.54) is 16.0 Å². The largest absolute Gasteiger partial charge is 0.479 e. The predicted octanol–water partition coefficient (Wildman–Crippen LogP) is 3.89. The number of rotatable bonds is 13. The maximum absolute atomic E-state index is 11.5. The summed E-state index contributed by atoms with van der Waals surface area (Å²) < 4.78 is 5.30. The van der Waals surface area contributed by atoms with Gasteiger partial charge in [-0.25, -0.2) is 9.59 Å². The molecule has 0 fully saturated rings. The molecule has 154 valence electrons. The van der Waals surface area contributed by atoms with Crippen LogP contribution in [0.2, 0.25) is 0 Å². The van der Waals surface area contributed by atoms with Crippen LogP contribution in [0.1, 0.15) is 53.4 Å². The van der Waals surface area contributed by atoms with Crippen LogP contribution in [0.3, 0.4) is 0 Å². The van der Waals surface area contributed by atoms with Crippen LogP contribution in [-0.2, 0) is 14.3 Å². The third kappa shape index (κ3) is 10.1. The quantitative estimate of drug-likeness (QED) is 0.372. The smallest absolute Gasteiger partial charge is 0.349 e. The van der Waals surface area contributed by atoms with Crippen LogP contribution in [0.5, 0.6) is 0 Å². The fourth-order valence-electron chi connectivity index (χ4n) is 2.51. The molecule has 6 heteroatoms. The molecule has 0 bridgehead atoms. The molecule has 0 aromatic rings. The zero-order chi connectivity index (χ0) is 21.0. The maximum Gasteiger partial charge on any atom is 0.349 e. The summed E-state index contributed by atoms with van der Waals surface area (Å²) in [7, 11) is 3.22. The number of carboxylic acid groups (broad SMARTS) is 2. The second-order valence-electron chi connectivity index (χ2n) is 7.45. The molecule has 0 aliphatic heterocycles. The number of aliphatic carboxylic acids is 2. The highest BCUT2D eigenvalue weighted by Crippen LogP contribution is 2.16. The monoisotopic (exact) mass is 381 g/mol. The van der Waals surface area contributed by atoms with Gasteiger partial charge >= 0.3 is 11.9 Å². The molecule has 0 saturated heterocycles. The first-order valence-electron chi connectivity index (χ1n) is 9.21. The van der Waals surface area contributed by atoms with Crippen molar-refractivity contribution >= 4 is 11.9 Å². The van der Waals surface area contributed by atoms with Gasteiger partial charge in [-0.2, -0.15) is 0 Å². The van der Waals surface area contributed by atoms with Gasteiger partial charge in [-0.1, -0.05) is 34.9 Å². The van der Waals surface area contributed by atoms with Crippen LogP contribution >= 0.6 is 0 Å². The summed E-state index contributed by atoms with van der Waals surface area (Å²) in [4.78, 5) is 24.5. The van der Waals surface area contributed by atoms with E-state index in [0.717, 1.165) is 31.3 Å². The van der Waals surface area contributed by atoms with E-state index in [1.807, 2.05) is 6.92 Å². The topological polar surface area (TPSA) is 87.1 Å². The standard InChI is InChI=1S/C21H35NO5/c1-16(2)9-7-10-17(3)11-8-12-18(4)13-14-27-21(19(23)24,20(25)26)15-22(5)6/h9,11,13H,7-8,10,12,14-15H2,1-6H3,(H,23,24)(H,25,26). The van der Waals surface area contributed by atoms with Gasteiger partial charge in [-0.05, 0) is 67.5 Å². The maximum atomic E-state index is 11.5. The van der Waals surface area contributed by atoms with E-state index in [1.54, 1.807) is 20.2 Å². The molecule has 0 heterocycles. The van der Waals surface area contributed by atoms with Gasteiger partial charge in [0.2, 0.25) is 0 Å². The van der Waals surface area contributed by atoms with Gasteiger partial charge in [0.15, 0.2) is 0 Å². The van der Waals surface area contributed by atoms with Gasteiger partial charge < -0.3 is 19.8 Å². The third-order valence-corrected chi connectivity index (χ3v) is 4.11. The lowest BCUT2D eigenvalue weighted by molar-refractivity contribution is -0.183. The summed E-state index contributed by atoms with van der Waals surface area (Å²) in [6.45, 7) is 7.95. The molecule has 2 N–H and O–H groups in total. The number of carboxylic acids is 2. The van der Waals surface area contributed by atoms with E-state index in [-0.39, 0.29) is 13.2 Å². The molecule has 27 heavy (non-hydrogen) atoms. The number of hydrogen-bond acceptors (Lipinski definition) is 4. The number of hydrogen-bond donors (Lipinski definition) is 2. The minimum absolute atomic E-state index is 0.0540. The number of likely N-dealkylation sites (N-methyl/N-ethyl adjacent to an activating group) is 1. The first-order valence-corrected chi connectivity index (χ1v) is 9.21. The van der Waals surface area contributed by atoms with Crippen molar-refractivity contribution in [2.24, 2.45) is 0 Å². The Kier molecular flexibility index (Phi) is 11.6. The molecule has 0 saturated carbocycles. The van der Waals surface area contributed by atoms with Crippen molar-refractivity contribution in [1.82, 2.24) is 4.90 Å². The van der Waals surface area contributed by atoms with Crippen molar-refractivity contribution in [2.45, 2.75) is 59.0 Å². The van der Waals surface area contributed by atoms with Crippen LogP contribution in [0.15, 0.2) is 34.9 Å². The van der Waals surface area contributed by atoms with Crippen molar-refractivity contribution in [2.75, 3.05) is 27.2 Å². The fraction of sp³-hybridized carbons (Fsp3) is 0.619. The van der Waals surface area contributed by atoms with E-state index in [0.29, 0.717) is 0 Å². The lowest BCUT2D eigenvalue weighted by Crippen LogP contribution is -2.55. The highest BCUT2D eigenvalue weighted by Gasteiger charge is 2.48. The molecule has 0 aliphatic rings. The van der Waals surface area contributed by atoms with E-state index < -0.39 is 17.5 Å². The summed E-state index contributed by atoms with van der Waals surface area (Å²) in [5.74, 6) is -2.99. The van der Waals surface area contributed by atoms with Crippen LogP contribution in [0.4, 0.5) is 0 Å². The molecule has 0 aromatic carbocycles. The highest BCUT2D eigenvalue weighted by atomic mass is 16.6. The summed E-state index contributed by atoms with van der Waals surface area (Å²) in [6, 6.07) is 0. The summed E-state index contributed by atoms with van der Waals surface area (Å²) in [5, 5.41) is 18.7. The Labute approximate surface area is 163 Å². The van der Waals surface area contributed by atoms with Crippen molar-refractivity contribution < 1.29 is 24.5 Å². The minimum atomic E-state index is -2.26. The Balaban J connectivity index is 4.64. The molecule has 0 radical (unpaired) electrons. The van der Waals surface area contributed by atoms with E-state index in [9.17, 15) is 19.8 Å². The Morgan fingerprint density at radius 2 is 1.37 bits per heavy atom. The van der Waals surface area contributed by atoms with E-state index in [2.05, 4.69) is 32.9 Å². The predicted molar refractivity (Wildman–Crippen MR) is 108 cm³/mol. The number of allylic oxidation sites excluding steroid dienone is 5. The third-order valence-electron chi connectivity index (χ3n) is 4.11. The molecule has 0 atom stereocenters. The van der Waals surface area contributed by atoms with Crippen LogP contribution in [-0.4, -0.2) is 59.9 Å². The van der Waals surface area contributed by atoms with Crippen molar-refractivity contribution in [3.8, 4) is 0 Å². The van der Waals surface area contributed by atoms with Gasteiger partial charge in [0, 0.05) is 6.54 Å². The first-order chi connectivity index (χ1) is 12.5. The van der Waals surface area contributed by atoms with Gasteiger partial charge in [-0.3, -0.25) is 0 Å². The summed E-state index contributed by atoms with van der Waals surface area (Å²) in [5.41, 5.74) is 1.45. The second kappa shape index (κ2) is 12.5. The molecule has 0 aliphatic carbocycles. The molecule has 6 nitrogen and oxygen atoms in total. The fourth-order valence-corrected chi connectivity index (χ4v) is 2.51. The van der Waals surface area contributed by atoms with Gasteiger partial charge in [-0.15, -0.1) is 0 Å². The van der Waals surface area contributed by atoms with E-state index >= 15 is 0 Å². The Hall–Kier alpha value is -1.92. The van der Waals surface area contributed by atoms with Crippen molar-refractivity contribution in [1.29, 1.82) is 0 Å². The number of carbonyl (C=O) groups is 2. The van der Waals surface area contributed by atoms with E-state index in [4.69, 9.17) is 4.74 Å². The average Bonchev–Trinajstić information content (AvgIpc) is 2.52. The van der Waals surface area contributed by atoms with Gasteiger partial charge in [0.05, 0.1) is 6.61 Å². The molecule has 0 rings (SSSR count). The summed E-state index contributed by atoms with van der Waals surface area (Å²) >= 11 is 0. The SMILES string of the molecule is CC(C)=CCCC(C)=CCCC(C)=CCOC(CN(C)C)(C(=O)O)C(=O)O. The van der Waals surface area contributed by atoms with Crippen molar-refractivity contribution in [3.63, 3.8) is 0 Å². The van der Waals surface area contributed by atoms with Crippen LogP contribution < -0.4 is 0 Å². The lowest BCUT2D eigenvalue weighted by Gasteiger charge is -2.27. The zero-order valence-electron chi connectivity index (χ0n) is 17.5. The first kappa shape index (κ1) is 25.1. The molecular formula is C21H35NO5. The molecule has 0 unspecified atom stereocenters. The molecular weight excluding hydrogens is 346 g/mol. The Morgan fingerprint density at radius 3 is 1.81 bits per heavy atom. The normalized spacial score (nSPS) is 13.0. The number of nitrogens with zero attached hydrogens (tertiary/aromatic N) is 1. The Bertz CT molecular complexity index is 569. The molecule has 0 amide bonds. The van der Waals surface area contributed by atoms with Gasteiger partial charge in [0.25, 0.3) is 5.60 Å². The highest BCUT2D eigenvalue weighted by molar-refractivity contribution is 6.02. The van der Waals surface area contributed by atoms with Crippen molar-refractivity contribution in [3.05, 3.63) is 34.9 Å². The molecule has 0 aromatic heterocycles. The van der Waals surface area contributed by atoms with Crippen LogP contribution in [0.25, 0.3) is 0 Å². The minimum Gasteiger partial charge on any atom is -0.479 e. The Morgan fingerprint density at radius 1 is 0.889 bits per heavy atom. The lowest BCUT2D eigenvalue weighted by atomic mass is 10.0. The number of ether oxygens (including phenoxy) is 1. The van der Waals surface area contributed by atoms with Crippen LogP contribution in [0, 0.1) is 0 Å². The average molecular weight is 382 g/mol. The van der Waals surface area contributed by atoms with Gasteiger partial charge in [0.1, 0.15) is 0 Å².